The zero-order chi connectivity index (χ0) is 19.1. The topological polar surface area (TPSA) is 83.6 Å². The second-order valence-corrected chi connectivity index (χ2v) is 10.3. The molecule has 0 saturated carbocycles. The number of aryl methyl sites for hydroxylation is 2. The quantitative estimate of drug-likeness (QED) is 0.863. The fourth-order valence-corrected chi connectivity index (χ4v) is 5.26. The lowest BCUT2D eigenvalue weighted by Crippen LogP contribution is -2.35. The van der Waals surface area contributed by atoms with Crippen LogP contribution in [0.1, 0.15) is 22.3 Å². The number of rotatable bonds is 4. The normalized spacial score (nSPS) is 15.5. The van der Waals surface area contributed by atoms with Crippen LogP contribution in [0.4, 0.5) is 5.69 Å². The average Bonchev–Trinajstić information content (AvgIpc) is 2.52. The number of nitrogens with zero attached hydrogens (tertiary/aromatic N) is 1. The van der Waals surface area contributed by atoms with Gasteiger partial charge < -0.3 is 0 Å². The Kier molecular flexibility index (Phi) is 4.85. The van der Waals surface area contributed by atoms with E-state index in [1.165, 1.54) is 10.6 Å². The molecule has 0 unspecified atom stereocenters. The number of sulfonamides is 2. The van der Waals surface area contributed by atoms with Crippen molar-refractivity contribution in [3.8, 4) is 0 Å². The molecule has 8 heteroatoms. The van der Waals surface area contributed by atoms with Crippen LogP contribution < -0.4 is 4.72 Å². The molecule has 0 saturated heterocycles. The van der Waals surface area contributed by atoms with Crippen LogP contribution in [0.2, 0.25) is 0 Å². The van der Waals surface area contributed by atoms with Gasteiger partial charge >= 0.3 is 0 Å². The first-order valence-electron chi connectivity index (χ1n) is 8.23. The number of nitrogens with one attached hydrogen (secondary N) is 1. The van der Waals surface area contributed by atoms with E-state index in [2.05, 4.69) is 4.72 Å². The summed E-state index contributed by atoms with van der Waals surface area (Å²) in [6, 6.07) is 10.5. The van der Waals surface area contributed by atoms with E-state index in [1.54, 1.807) is 31.2 Å². The van der Waals surface area contributed by atoms with Gasteiger partial charge in [0.05, 0.1) is 11.2 Å². The number of fused-ring (bicyclic) bond motifs is 1. The van der Waals surface area contributed by atoms with Gasteiger partial charge in [-0.3, -0.25) is 4.72 Å². The van der Waals surface area contributed by atoms with E-state index in [0.717, 1.165) is 16.7 Å². The summed E-state index contributed by atoms with van der Waals surface area (Å²) in [6.07, 6.45) is 1.80. The maximum absolute atomic E-state index is 12.7. The smallest absolute Gasteiger partial charge is 0.262 e. The van der Waals surface area contributed by atoms with Crippen LogP contribution in [-0.2, 0) is 33.0 Å². The highest BCUT2D eigenvalue weighted by Crippen LogP contribution is 2.26. The summed E-state index contributed by atoms with van der Waals surface area (Å²) in [5, 5.41) is 0. The van der Waals surface area contributed by atoms with Gasteiger partial charge in [-0.25, -0.2) is 16.8 Å². The maximum Gasteiger partial charge on any atom is 0.262 e. The minimum atomic E-state index is -3.71. The lowest BCUT2D eigenvalue weighted by molar-refractivity contribution is 0.395. The molecule has 0 aliphatic carbocycles. The molecular weight excluding hydrogens is 372 g/mol. The van der Waals surface area contributed by atoms with E-state index >= 15 is 0 Å². The van der Waals surface area contributed by atoms with E-state index < -0.39 is 20.0 Å². The minimum Gasteiger partial charge on any atom is -0.280 e. The van der Waals surface area contributed by atoms with Crippen molar-refractivity contribution in [2.75, 3.05) is 17.5 Å². The highest BCUT2D eigenvalue weighted by molar-refractivity contribution is 7.92. The predicted molar refractivity (Wildman–Crippen MR) is 102 cm³/mol. The Morgan fingerprint density at radius 1 is 0.962 bits per heavy atom. The lowest BCUT2D eigenvalue weighted by Gasteiger charge is -2.27. The van der Waals surface area contributed by atoms with Gasteiger partial charge in [-0.05, 0) is 55.2 Å². The first-order chi connectivity index (χ1) is 12.1. The van der Waals surface area contributed by atoms with Crippen molar-refractivity contribution < 1.29 is 16.8 Å². The first-order valence-corrected chi connectivity index (χ1v) is 11.6. The van der Waals surface area contributed by atoms with Gasteiger partial charge in [0.2, 0.25) is 10.0 Å². The molecule has 1 heterocycles. The molecule has 0 radical (unpaired) electrons. The predicted octanol–water partition coefficient (Wildman–Crippen LogP) is 2.42. The highest BCUT2D eigenvalue weighted by Gasteiger charge is 2.24. The molecule has 2 aromatic carbocycles. The third-order valence-electron chi connectivity index (χ3n) is 4.52. The molecule has 140 valence electrons. The van der Waals surface area contributed by atoms with Crippen LogP contribution >= 0.6 is 0 Å². The summed E-state index contributed by atoms with van der Waals surface area (Å²) in [4.78, 5) is 0.235. The fraction of sp³-hybridized carbons (Fsp3) is 0.333. The van der Waals surface area contributed by atoms with E-state index in [-0.39, 0.29) is 11.4 Å². The Hall–Kier alpha value is -1.90. The fourth-order valence-electron chi connectivity index (χ4n) is 3.19. The summed E-state index contributed by atoms with van der Waals surface area (Å²) in [5.41, 5.74) is 3.97. The van der Waals surface area contributed by atoms with Gasteiger partial charge in [0.15, 0.2) is 0 Å². The Morgan fingerprint density at radius 2 is 1.69 bits per heavy atom. The third-order valence-corrected chi connectivity index (χ3v) is 7.32. The van der Waals surface area contributed by atoms with Crippen LogP contribution in [0.15, 0.2) is 41.3 Å². The maximum atomic E-state index is 12.7. The van der Waals surface area contributed by atoms with Crippen molar-refractivity contribution in [1.29, 1.82) is 0 Å². The molecule has 26 heavy (non-hydrogen) atoms. The number of hydrogen-bond acceptors (Lipinski definition) is 4. The Bertz CT molecular complexity index is 1060. The van der Waals surface area contributed by atoms with Crippen LogP contribution in [0, 0.1) is 13.8 Å². The standard InChI is InChI=1S/C18H22N2O4S2/c1-13-4-7-18(14(2)10-13)26(23,24)19-17-6-5-15-8-9-20(25(3,21)22)12-16(15)11-17/h4-7,10-11,19H,8-9,12H2,1-3H3. The summed E-state index contributed by atoms with van der Waals surface area (Å²) in [7, 11) is -6.99. The molecule has 1 N–H and O–H groups in total. The van der Waals surface area contributed by atoms with E-state index in [4.69, 9.17) is 0 Å². The van der Waals surface area contributed by atoms with Gasteiger partial charge in [-0.15, -0.1) is 0 Å². The summed E-state index contributed by atoms with van der Waals surface area (Å²) in [5.74, 6) is 0. The van der Waals surface area contributed by atoms with Gasteiger partial charge in [-0.1, -0.05) is 23.8 Å². The van der Waals surface area contributed by atoms with Crippen molar-refractivity contribution in [3.05, 3.63) is 58.7 Å². The van der Waals surface area contributed by atoms with E-state index in [9.17, 15) is 16.8 Å². The molecule has 6 nitrogen and oxygen atoms in total. The monoisotopic (exact) mass is 394 g/mol. The van der Waals surface area contributed by atoms with Crippen LogP contribution in [0.25, 0.3) is 0 Å². The van der Waals surface area contributed by atoms with Crippen molar-refractivity contribution in [2.24, 2.45) is 0 Å². The molecule has 0 fully saturated rings. The number of hydrogen-bond donors (Lipinski definition) is 1. The minimum absolute atomic E-state index is 0.235. The molecule has 0 spiro atoms. The van der Waals surface area contributed by atoms with Crippen LogP contribution in [-0.4, -0.2) is 33.9 Å². The molecule has 1 aliphatic rings. The largest absolute Gasteiger partial charge is 0.280 e. The average molecular weight is 395 g/mol. The second kappa shape index (κ2) is 6.68. The summed E-state index contributed by atoms with van der Waals surface area (Å²) < 4.78 is 53.0. The molecule has 3 rings (SSSR count). The van der Waals surface area contributed by atoms with E-state index in [0.29, 0.717) is 24.2 Å². The molecular formula is C18H22N2O4S2. The Labute approximate surface area is 155 Å². The molecule has 0 bridgehead atoms. The molecule has 0 aromatic heterocycles. The van der Waals surface area contributed by atoms with Crippen molar-refractivity contribution in [2.45, 2.75) is 31.7 Å². The van der Waals surface area contributed by atoms with Crippen molar-refractivity contribution in [1.82, 2.24) is 4.31 Å². The van der Waals surface area contributed by atoms with Crippen molar-refractivity contribution in [3.63, 3.8) is 0 Å². The molecule has 0 atom stereocenters. The summed E-state index contributed by atoms with van der Waals surface area (Å²) in [6.45, 7) is 4.37. The van der Waals surface area contributed by atoms with Gasteiger partial charge in [0.1, 0.15) is 0 Å². The highest BCUT2D eigenvalue weighted by atomic mass is 32.2. The molecule has 0 amide bonds. The second-order valence-electron chi connectivity index (χ2n) is 6.70. The SMILES string of the molecule is Cc1ccc(S(=O)(=O)Nc2ccc3c(c2)CN(S(C)(=O)=O)CC3)c(C)c1. The third kappa shape index (κ3) is 3.92. The molecule has 1 aliphatic heterocycles. The van der Waals surface area contributed by atoms with Gasteiger partial charge in [0, 0.05) is 18.8 Å². The molecule has 2 aromatic rings. The van der Waals surface area contributed by atoms with Crippen LogP contribution in [0.5, 0.6) is 0 Å². The summed E-state index contributed by atoms with van der Waals surface area (Å²) >= 11 is 0. The van der Waals surface area contributed by atoms with E-state index in [1.807, 2.05) is 19.1 Å². The zero-order valence-electron chi connectivity index (χ0n) is 15.0. The van der Waals surface area contributed by atoms with Crippen LogP contribution in [0.3, 0.4) is 0 Å². The first kappa shape index (κ1) is 18.9. The number of benzene rings is 2. The van der Waals surface area contributed by atoms with Gasteiger partial charge in [0.25, 0.3) is 10.0 Å². The zero-order valence-corrected chi connectivity index (χ0v) is 16.6. The number of anilines is 1. The lowest BCUT2D eigenvalue weighted by atomic mass is 10.0. The Morgan fingerprint density at radius 3 is 2.35 bits per heavy atom. The van der Waals surface area contributed by atoms with Gasteiger partial charge in [-0.2, -0.15) is 4.31 Å². The van der Waals surface area contributed by atoms with Crippen molar-refractivity contribution >= 4 is 25.7 Å². The Balaban J connectivity index is 1.90.